The van der Waals surface area contributed by atoms with E-state index in [1.165, 1.54) is 0 Å². The Bertz CT molecular complexity index is 1400. The maximum absolute atomic E-state index is 13.3. The van der Waals surface area contributed by atoms with Gasteiger partial charge in [-0.2, -0.15) is 10.1 Å². The molecule has 1 saturated heterocycles. The number of halogens is 1. The Labute approximate surface area is 202 Å². The number of carbonyl (C=O) groups excluding carboxylic acids is 2. The molecule has 2 amide bonds. The first-order chi connectivity index (χ1) is 16.5. The van der Waals surface area contributed by atoms with E-state index in [1.807, 2.05) is 43.3 Å². The first kappa shape index (κ1) is 20.2. The molecule has 2 saturated carbocycles. The van der Waals surface area contributed by atoms with Crippen LogP contribution in [0, 0.1) is 42.4 Å². The second-order valence-electron chi connectivity index (χ2n) is 10.1. The number of aromatic nitrogens is 1. The van der Waals surface area contributed by atoms with E-state index < -0.39 is 0 Å². The maximum Gasteiger partial charge on any atom is 0.254 e. The Morgan fingerprint density at radius 2 is 1.62 bits per heavy atom. The third-order valence-electron chi connectivity index (χ3n) is 8.51. The molecule has 8 rings (SSSR count). The van der Waals surface area contributed by atoms with Crippen LogP contribution in [-0.4, -0.2) is 27.6 Å². The van der Waals surface area contributed by atoms with Crippen molar-refractivity contribution in [1.29, 1.82) is 0 Å². The van der Waals surface area contributed by atoms with Gasteiger partial charge in [-0.15, -0.1) is 0 Å². The van der Waals surface area contributed by atoms with Gasteiger partial charge >= 0.3 is 0 Å². The predicted molar refractivity (Wildman–Crippen MR) is 131 cm³/mol. The minimum Gasteiger partial charge on any atom is -0.340 e. The van der Waals surface area contributed by atoms with E-state index in [2.05, 4.69) is 34.0 Å². The second kappa shape index (κ2) is 7.16. The van der Waals surface area contributed by atoms with E-state index in [0.717, 1.165) is 44.2 Å². The van der Waals surface area contributed by atoms with Crippen LogP contribution in [0.15, 0.2) is 65.8 Å². The highest BCUT2D eigenvalue weighted by atomic mass is 35.5. The van der Waals surface area contributed by atoms with Gasteiger partial charge in [0.1, 0.15) is 0 Å². The molecule has 34 heavy (non-hydrogen) atoms. The SMILES string of the molecule is Cc1c(/C=N\N2C(=O)[C@@H]3[C@@H]4C=C[C@H]([C@H]5C[C@H]45)[C@@H]3C2=O)c2ccccc2n1Cc1ccccc1Cl. The van der Waals surface area contributed by atoms with E-state index >= 15 is 0 Å². The van der Waals surface area contributed by atoms with Gasteiger partial charge in [0.05, 0.1) is 18.1 Å². The summed E-state index contributed by atoms with van der Waals surface area (Å²) in [5.41, 5.74) is 4.04. The number of hydrazone groups is 1. The van der Waals surface area contributed by atoms with Crippen LogP contribution in [0.2, 0.25) is 5.02 Å². The Balaban J connectivity index is 1.25. The molecular weight excluding hydrogens is 446 g/mol. The molecule has 5 aliphatic rings. The summed E-state index contributed by atoms with van der Waals surface area (Å²) >= 11 is 6.44. The van der Waals surface area contributed by atoms with Crippen LogP contribution < -0.4 is 0 Å². The molecule has 0 unspecified atom stereocenters. The van der Waals surface area contributed by atoms with E-state index in [-0.39, 0.29) is 35.5 Å². The summed E-state index contributed by atoms with van der Waals surface area (Å²) in [6.45, 7) is 2.67. The van der Waals surface area contributed by atoms with Crippen LogP contribution in [0.25, 0.3) is 10.9 Å². The summed E-state index contributed by atoms with van der Waals surface area (Å²) in [5.74, 6) is 0.856. The standard InChI is InChI=1S/C28H24ClN3O2/c1-15-22(17-7-3-5-9-24(17)31(15)14-16-6-2-4-8-23(16)29)13-30-32-27(33)25-18-10-11-19(21-12-20(18)21)26(25)28(32)34/h2-11,13,18-21,25-26H,12,14H2,1H3/b30-13-/t18-,19-,20-,21-,25-,26+/m1/s1. The lowest BCUT2D eigenvalue weighted by Gasteiger charge is -2.37. The largest absolute Gasteiger partial charge is 0.340 e. The lowest BCUT2D eigenvalue weighted by Crippen LogP contribution is -2.40. The van der Waals surface area contributed by atoms with Gasteiger partial charge in [-0.3, -0.25) is 9.59 Å². The third kappa shape index (κ3) is 2.70. The van der Waals surface area contributed by atoms with Crippen LogP contribution in [0.5, 0.6) is 0 Å². The van der Waals surface area contributed by atoms with Gasteiger partial charge in [-0.25, -0.2) is 0 Å². The Kier molecular flexibility index (Phi) is 4.26. The zero-order chi connectivity index (χ0) is 23.1. The van der Waals surface area contributed by atoms with Gasteiger partial charge in [0, 0.05) is 33.7 Å². The topological polar surface area (TPSA) is 54.7 Å². The fourth-order valence-electron chi connectivity index (χ4n) is 6.79. The number of para-hydroxylation sites is 1. The van der Waals surface area contributed by atoms with Crippen molar-refractivity contribution < 1.29 is 9.59 Å². The highest BCUT2D eigenvalue weighted by molar-refractivity contribution is 6.31. The van der Waals surface area contributed by atoms with Gasteiger partial charge in [0.15, 0.2) is 0 Å². The molecule has 2 aromatic carbocycles. The molecular formula is C28H24ClN3O2. The van der Waals surface area contributed by atoms with Crippen LogP contribution in [-0.2, 0) is 16.1 Å². The average molecular weight is 470 g/mol. The van der Waals surface area contributed by atoms with Crippen molar-refractivity contribution in [2.24, 2.45) is 40.6 Å². The van der Waals surface area contributed by atoms with E-state index in [4.69, 9.17) is 11.6 Å². The first-order valence-electron chi connectivity index (χ1n) is 12.0. The summed E-state index contributed by atoms with van der Waals surface area (Å²) in [4.78, 5) is 26.6. The van der Waals surface area contributed by atoms with Crippen LogP contribution >= 0.6 is 11.6 Å². The molecule has 0 N–H and O–H groups in total. The molecule has 2 heterocycles. The number of hydrogen-bond acceptors (Lipinski definition) is 3. The third-order valence-corrected chi connectivity index (χ3v) is 8.88. The van der Waals surface area contributed by atoms with Crippen molar-refractivity contribution in [2.45, 2.75) is 19.9 Å². The van der Waals surface area contributed by atoms with E-state index in [1.54, 1.807) is 6.21 Å². The number of amides is 2. The molecule has 3 aromatic rings. The van der Waals surface area contributed by atoms with E-state index in [9.17, 15) is 9.59 Å². The molecule has 0 radical (unpaired) electrons. The van der Waals surface area contributed by atoms with Crippen molar-refractivity contribution in [3.05, 3.63) is 82.5 Å². The molecule has 6 atom stereocenters. The Morgan fingerprint density at radius 1 is 0.971 bits per heavy atom. The number of rotatable bonds is 4. The fraction of sp³-hybridized carbons (Fsp3) is 0.321. The summed E-state index contributed by atoms with van der Waals surface area (Å²) in [6, 6.07) is 16.0. The molecule has 2 bridgehead atoms. The molecule has 3 fully saturated rings. The minimum absolute atomic E-state index is 0.131. The van der Waals surface area contributed by atoms with Crippen LogP contribution in [0.1, 0.15) is 23.2 Å². The smallest absolute Gasteiger partial charge is 0.254 e. The minimum atomic E-state index is -0.230. The number of hydrogen-bond donors (Lipinski definition) is 0. The Hall–Kier alpha value is -3.18. The predicted octanol–water partition coefficient (Wildman–Crippen LogP) is 5.04. The van der Waals surface area contributed by atoms with Crippen LogP contribution in [0.3, 0.4) is 0 Å². The number of nitrogens with zero attached hydrogens (tertiary/aromatic N) is 3. The number of allylic oxidation sites excluding steroid dienone is 2. The summed E-state index contributed by atoms with van der Waals surface area (Å²) in [5, 5.41) is 7.43. The molecule has 170 valence electrons. The summed E-state index contributed by atoms with van der Waals surface area (Å²) in [6.07, 6.45) is 7.23. The van der Waals surface area contributed by atoms with Gasteiger partial charge in [-0.1, -0.05) is 60.2 Å². The zero-order valence-corrected chi connectivity index (χ0v) is 19.5. The lowest BCUT2D eigenvalue weighted by molar-refractivity contribution is -0.140. The van der Waals surface area contributed by atoms with Crippen molar-refractivity contribution in [3.8, 4) is 0 Å². The average Bonchev–Trinajstić information content (AvgIpc) is 3.59. The van der Waals surface area contributed by atoms with Gasteiger partial charge < -0.3 is 4.57 Å². The summed E-state index contributed by atoms with van der Waals surface area (Å²) in [7, 11) is 0. The summed E-state index contributed by atoms with van der Waals surface area (Å²) < 4.78 is 2.21. The maximum atomic E-state index is 13.3. The number of fused-ring (bicyclic) bond motifs is 1. The quantitative estimate of drug-likeness (QED) is 0.305. The molecule has 1 aromatic heterocycles. The number of carbonyl (C=O) groups is 2. The number of imide groups is 1. The molecule has 6 heteroatoms. The first-order valence-corrected chi connectivity index (χ1v) is 12.3. The molecule has 5 nitrogen and oxygen atoms in total. The van der Waals surface area contributed by atoms with Gasteiger partial charge in [-0.05, 0) is 54.7 Å². The monoisotopic (exact) mass is 469 g/mol. The normalized spacial score (nSPS) is 31.1. The highest BCUT2D eigenvalue weighted by Gasteiger charge is 2.67. The highest BCUT2D eigenvalue weighted by Crippen LogP contribution is 2.65. The second-order valence-corrected chi connectivity index (χ2v) is 10.5. The Morgan fingerprint density at radius 3 is 2.32 bits per heavy atom. The van der Waals surface area contributed by atoms with Crippen molar-refractivity contribution in [3.63, 3.8) is 0 Å². The molecule has 0 spiro atoms. The van der Waals surface area contributed by atoms with Gasteiger partial charge in [0.25, 0.3) is 11.8 Å². The van der Waals surface area contributed by atoms with Gasteiger partial charge in [0.2, 0.25) is 0 Å². The van der Waals surface area contributed by atoms with Crippen LogP contribution in [0.4, 0.5) is 0 Å². The van der Waals surface area contributed by atoms with Crippen molar-refractivity contribution >= 4 is 40.5 Å². The zero-order valence-electron chi connectivity index (χ0n) is 18.8. The fourth-order valence-corrected chi connectivity index (χ4v) is 6.99. The lowest BCUT2D eigenvalue weighted by atomic mass is 9.63. The van der Waals surface area contributed by atoms with Crippen molar-refractivity contribution in [1.82, 2.24) is 9.58 Å². The number of benzene rings is 2. The molecule has 1 aliphatic heterocycles. The molecule has 4 aliphatic carbocycles. The van der Waals surface area contributed by atoms with Crippen molar-refractivity contribution in [2.75, 3.05) is 0 Å². The van der Waals surface area contributed by atoms with E-state index in [0.29, 0.717) is 18.4 Å².